The van der Waals surface area contributed by atoms with Crippen LogP contribution in [0, 0.1) is 0 Å². The van der Waals surface area contributed by atoms with Crippen LogP contribution in [0.15, 0.2) is 18.5 Å². The molecule has 1 aromatic carbocycles. The van der Waals surface area contributed by atoms with Crippen molar-refractivity contribution in [3.8, 4) is 11.5 Å². The lowest BCUT2D eigenvalue weighted by atomic mass is 10.2. The van der Waals surface area contributed by atoms with Crippen LogP contribution in [0.4, 0.5) is 4.79 Å². The monoisotopic (exact) mass is 383 g/mol. The van der Waals surface area contributed by atoms with Gasteiger partial charge in [-0.05, 0) is 26.8 Å². The van der Waals surface area contributed by atoms with Gasteiger partial charge in [-0.15, -0.1) is 0 Å². The molecule has 1 aromatic heterocycles. The van der Waals surface area contributed by atoms with Crippen molar-refractivity contribution in [2.24, 2.45) is 0 Å². The number of amides is 1. The van der Waals surface area contributed by atoms with Gasteiger partial charge >= 0.3 is 6.09 Å². The quantitative estimate of drug-likeness (QED) is 0.559. The number of alkyl carbamates (subject to hydrolysis) is 1. The predicted molar refractivity (Wildman–Crippen MR) is 96.8 cm³/mol. The molecule has 0 fully saturated rings. The third kappa shape index (κ3) is 6.20. The molecule has 0 saturated heterocycles. The summed E-state index contributed by atoms with van der Waals surface area (Å²) in [5.41, 5.74) is 0.0377. The van der Waals surface area contributed by atoms with Crippen molar-refractivity contribution >= 4 is 28.6 Å². The van der Waals surface area contributed by atoms with Crippen LogP contribution in [0.1, 0.15) is 20.8 Å². The van der Waals surface area contributed by atoms with Crippen LogP contribution >= 0.6 is 11.6 Å². The Hall–Kier alpha value is -2.32. The fourth-order valence-electron chi connectivity index (χ4n) is 2.01. The minimum atomic E-state index is -0.532. The van der Waals surface area contributed by atoms with Crippen LogP contribution in [0.3, 0.4) is 0 Å². The number of benzene rings is 1. The smallest absolute Gasteiger partial charge is 0.407 e. The topological polar surface area (TPSA) is 103 Å². The van der Waals surface area contributed by atoms with Crippen LogP contribution < -0.4 is 10.1 Å². The zero-order valence-corrected chi connectivity index (χ0v) is 15.7. The van der Waals surface area contributed by atoms with Gasteiger partial charge in [0.1, 0.15) is 23.7 Å². The van der Waals surface area contributed by atoms with Gasteiger partial charge in [0.05, 0.1) is 18.7 Å². The van der Waals surface area contributed by atoms with Crippen LogP contribution in [-0.4, -0.2) is 53.1 Å². The molecule has 2 rings (SSSR count). The summed E-state index contributed by atoms with van der Waals surface area (Å²) in [5.74, 6) is 0.225. The highest BCUT2D eigenvalue weighted by atomic mass is 35.5. The SMILES string of the molecule is CC(C)(C)OC(=O)NCCOCCOc1cc2ncnc(Cl)c2cc1O. The van der Waals surface area contributed by atoms with Gasteiger partial charge in [-0.2, -0.15) is 0 Å². The second-order valence-corrected chi connectivity index (χ2v) is 6.75. The van der Waals surface area contributed by atoms with Crippen molar-refractivity contribution in [1.29, 1.82) is 0 Å². The Morgan fingerprint density at radius 1 is 1.23 bits per heavy atom. The Balaban J connectivity index is 1.70. The normalized spacial score (nSPS) is 11.4. The molecule has 8 nitrogen and oxygen atoms in total. The Morgan fingerprint density at radius 2 is 2.00 bits per heavy atom. The summed E-state index contributed by atoms with van der Waals surface area (Å²) >= 11 is 5.95. The van der Waals surface area contributed by atoms with E-state index >= 15 is 0 Å². The summed E-state index contributed by atoms with van der Waals surface area (Å²) in [5, 5.41) is 13.4. The molecule has 0 aliphatic carbocycles. The van der Waals surface area contributed by atoms with Crippen LogP contribution in [0.25, 0.3) is 10.9 Å². The number of rotatable bonds is 7. The van der Waals surface area contributed by atoms with Gasteiger partial charge in [-0.25, -0.2) is 14.8 Å². The van der Waals surface area contributed by atoms with E-state index in [0.29, 0.717) is 24.1 Å². The molecule has 0 aliphatic rings. The van der Waals surface area contributed by atoms with Gasteiger partial charge in [0.25, 0.3) is 0 Å². The van der Waals surface area contributed by atoms with E-state index in [1.165, 1.54) is 12.4 Å². The molecular formula is C17H22ClN3O5. The fourth-order valence-corrected chi connectivity index (χ4v) is 2.20. The number of aromatic hydroxyl groups is 1. The highest BCUT2D eigenvalue weighted by Gasteiger charge is 2.15. The number of carbonyl (C=O) groups is 1. The molecule has 1 amide bonds. The molecule has 26 heavy (non-hydrogen) atoms. The first-order chi connectivity index (χ1) is 12.3. The summed E-state index contributed by atoms with van der Waals surface area (Å²) in [6, 6.07) is 3.04. The third-order valence-electron chi connectivity index (χ3n) is 3.07. The second kappa shape index (κ2) is 8.86. The van der Waals surface area contributed by atoms with Gasteiger partial charge in [0.15, 0.2) is 11.5 Å². The Bertz CT molecular complexity index is 764. The number of nitrogens with zero attached hydrogens (tertiary/aromatic N) is 2. The molecule has 0 radical (unpaired) electrons. The van der Waals surface area contributed by atoms with Crippen LogP contribution in [0.2, 0.25) is 5.15 Å². The maximum atomic E-state index is 11.4. The number of hydrogen-bond acceptors (Lipinski definition) is 7. The number of nitrogens with one attached hydrogen (secondary N) is 1. The van der Waals surface area contributed by atoms with E-state index in [2.05, 4.69) is 15.3 Å². The van der Waals surface area contributed by atoms with E-state index < -0.39 is 11.7 Å². The Kier molecular flexibility index (Phi) is 6.82. The van der Waals surface area contributed by atoms with E-state index in [1.54, 1.807) is 26.8 Å². The molecule has 0 saturated carbocycles. The lowest BCUT2D eigenvalue weighted by Gasteiger charge is -2.19. The van der Waals surface area contributed by atoms with E-state index in [1.807, 2.05) is 0 Å². The zero-order valence-electron chi connectivity index (χ0n) is 14.9. The van der Waals surface area contributed by atoms with Gasteiger partial charge < -0.3 is 24.6 Å². The van der Waals surface area contributed by atoms with Crippen molar-refractivity contribution in [2.45, 2.75) is 26.4 Å². The van der Waals surface area contributed by atoms with Crippen molar-refractivity contribution in [3.05, 3.63) is 23.6 Å². The van der Waals surface area contributed by atoms with Crippen molar-refractivity contribution < 1.29 is 24.1 Å². The van der Waals surface area contributed by atoms with Gasteiger partial charge in [0.2, 0.25) is 0 Å². The van der Waals surface area contributed by atoms with Crippen molar-refractivity contribution in [1.82, 2.24) is 15.3 Å². The first kappa shape index (κ1) is 20.0. The molecule has 0 unspecified atom stereocenters. The molecule has 2 aromatic rings. The number of hydrogen-bond donors (Lipinski definition) is 2. The number of phenols is 1. The average molecular weight is 384 g/mol. The lowest BCUT2D eigenvalue weighted by molar-refractivity contribution is 0.0488. The molecular weight excluding hydrogens is 362 g/mol. The summed E-state index contributed by atoms with van der Waals surface area (Å²) in [6.45, 7) is 6.54. The minimum Gasteiger partial charge on any atom is -0.504 e. The lowest BCUT2D eigenvalue weighted by Crippen LogP contribution is -2.34. The molecule has 142 valence electrons. The molecule has 0 bridgehead atoms. The molecule has 2 N–H and O–H groups in total. The number of carbonyl (C=O) groups excluding carboxylic acids is 1. The van der Waals surface area contributed by atoms with Gasteiger partial charge in [0, 0.05) is 18.0 Å². The van der Waals surface area contributed by atoms with Gasteiger partial charge in [-0.1, -0.05) is 11.6 Å². The fraction of sp³-hybridized carbons (Fsp3) is 0.471. The van der Waals surface area contributed by atoms with Crippen LogP contribution in [-0.2, 0) is 9.47 Å². The third-order valence-corrected chi connectivity index (χ3v) is 3.37. The molecule has 0 spiro atoms. The van der Waals surface area contributed by atoms with E-state index in [0.717, 1.165) is 0 Å². The minimum absolute atomic E-state index is 0.0548. The largest absolute Gasteiger partial charge is 0.504 e. The van der Waals surface area contributed by atoms with E-state index in [4.69, 9.17) is 25.8 Å². The zero-order chi connectivity index (χ0) is 19.2. The summed E-state index contributed by atoms with van der Waals surface area (Å²) in [4.78, 5) is 19.4. The molecule has 9 heteroatoms. The summed E-state index contributed by atoms with van der Waals surface area (Å²) < 4.78 is 15.9. The highest BCUT2D eigenvalue weighted by molar-refractivity contribution is 6.34. The number of fused-ring (bicyclic) bond motifs is 1. The molecule has 1 heterocycles. The Morgan fingerprint density at radius 3 is 2.73 bits per heavy atom. The maximum Gasteiger partial charge on any atom is 0.407 e. The number of halogens is 1. The van der Waals surface area contributed by atoms with E-state index in [9.17, 15) is 9.90 Å². The molecule has 0 aliphatic heterocycles. The maximum absolute atomic E-state index is 11.4. The predicted octanol–water partition coefficient (Wildman–Crippen LogP) is 2.91. The second-order valence-electron chi connectivity index (χ2n) is 6.39. The van der Waals surface area contributed by atoms with Gasteiger partial charge in [-0.3, -0.25) is 0 Å². The highest BCUT2D eigenvalue weighted by Crippen LogP contribution is 2.32. The molecule has 0 atom stereocenters. The van der Waals surface area contributed by atoms with Crippen molar-refractivity contribution in [3.63, 3.8) is 0 Å². The first-order valence-electron chi connectivity index (χ1n) is 8.07. The number of aromatic nitrogens is 2. The summed E-state index contributed by atoms with van der Waals surface area (Å²) in [7, 11) is 0. The van der Waals surface area contributed by atoms with E-state index in [-0.39, 0.29) is 29.9 Å². The number of phenolic OH excluding ortho intramolecular Hbond substituents is 1. The first-order valence-corrected chi connectivity index (χ1v) is 8.44. The van der Waals surface area contributed by atoms with Crippen LogP contribution in [0.5, 0.6) is 11.5 Å². The standard InChI is InChI=1S/C17H22ClN3O5/c1-17(2,3)26-16(23)19-4-5-24-6-7-25-14-9-12-11(8-13(14)22)15(18)21-10-20-12/h8-10,22H,4-7H2,1-3H3,(H,19,23). The summed E-state index contributed by atoms with van der Waals surface area (Å²) in [6.07, 6.45) is 0.853. The number of ether oxygens (including phenoxy) is 3. The Labute approximate surface area is 156 Å². The average Bonchev–Trinajstić information content (AvgIpc) is 2.53. The van der Waals surface area contributed by atoms with Crippen molar-refractivity contribution in [2.75, 3.05) is 26.4 Å².